The average Bonchev–Trinajstić information content (AvgIpc) is 2.65. The number of aromatic amines is 1. The van der Waals surface area contributed by atoms with Gasteiger partial charge in [-0.05, 0) is 48.7 Å². The molecule has 1 aromatic carbocycles. The molecule has 1 heterocycles. The van der Waals surface area contributed by atoms with E-state index in [2.05, 4.69) is 48.4 Å². The van der Waals surface area contributed by atoms with Crippen molar-refractivity contribution in [1.29, 1.82) is 0 Å². The monoisotopic (exact) mass is 200 g/mol. The van der Waals surface area contributed by atoms with Crippen LogP contribution in [0.1, 0.15) is 16.7 Å². The van der Waals surface area contributed by atoms with E-state index in [1.165, 1.54) is 22.4 Å². The Hall–Kier alpha value is -1.70. The molecule has 0 fully saturated rings. The Morgan fingerprint density at radius 3 is 2.47 bits per heavy atom. The first-order chi connectivity index (χ1) is 7.24. The molecule has 0 saturated heterocycles. The van der Waals surface area contributed by atoms with E-state index < -0.39 is 0 Å². The minimum atomic E-state index is 0.867. The minimum absolute atomic E-state index is 0.867. The van der Waals surface area contributed by atoms with Crippen LogP contribution < -0.4 is 5.32 Å². The third-order valence-electron chi connectivity index (χ3n) is 2.38. The van der Waals surface area contributed by atoms with Crippen molar-refractivity contribution in [3.8, 4) is 0 Å². The topological polar surface area (TPSA) is 27.8 Å². The van der Waals surface area contributed by atoms with E-state index in [4.69, 9.17) is 0 Å². The summed E-state index contributed by atoms with van der Waals surface area (Å²) in [7, 11) is 0. The van der Waals surface area contributed by atoms with Gasteiger partial charge in [0.05, 0.1) is 0 Å². The van der Waals surface area contributed by atoms with Crippen LogP contribution in [0.3, 0.4) is 0 Å². The Bertz CT molecular complexity index is 410. The van der Waals surface area contributed by atoms with Gasteiger partial charge in [0.1, 0.15) is 0 Å². The van der Waals surface area contributed by atoms with Gasteiger partial charge in [-0.3, -0.25) is 0 Å². The second kappa shape index (κ2) is 4.22. The van der Waals surface area contributed by atoms with Crippen LogP contribution in [0.2, 0.25) is 0 Å². The van der Waals surface area contributed by atoms with Crippen LogP contribution in [0, 0.1) is 13.8 Å². The van der Waals surface area contributed by atoms with E-state index in [1.807, 2.05) is 12.4 Å². The number of aryl methyl sites for hydroxylation is 2. The van der Waals surface area contributed by atoms with Gasteiger partial charge in [-0.25, -0.2) is 0 Å². The third-order valence-corrected chi connectivity index (χ3v) is 2.38. The van der Waals surface area contributed by atoms with Crippen LogP contribution in [-0.2, 0) is 6.54 Å². The number of nitrogens with one attached hydrogen (secondary N) is 2. The highest BCUT2D eigenvalue weighted by molar-refractivity contribution is 5.48. The molecule has 0 radical (unpaired) electrons. The number of benzene rings is 1. The second-order valence-corrected chi connectivity index (χ2v) is 3.95. The van der Waals surface area contributed by atoms with E-state index in [0.29, 0.717) is 0 Å². The summed E-state index contributed by atoms with van der Waals surface area (Å²) in [6.45, 7) is 5.11. The Morgan fingerprint density at radius 2 is 1.87 bits per heavy atom. The number of anilines is 1. The number of hydrogen-bond acceptors (Lipinski definition) is 1. The van der Waals surface area contributed by atoms with Gasteiger partial charge in [0, 0.05) is 24.6 Å². The molecule has 2 aromatic rings. The molecule has 0 aliphatic heterocycles. The van der Waals surface area contributed by atoms with Gasteiger partial charge < -0.3 is 10.3 Å². The highest BCUT2D eigenvalue weighted by Gasteiger charge is 1.96. The smallest absolute Gasteiger partial charge is 0.0415 e. The molecular formula is C13H16N2. The largest absolute Gasteiger partial charge is 0.381 e. The fraction of sp³-hybridized carbons (Fsp3) is 0.231. The summed E-state index contributed by atoms with van der Waals surface area (Å²) in [5, 5.41) is 3.41. The van der Waals surface area contributed by atoms with Crippen LogP contribution in [-0.4, -0.2) is 4.98 Å². The average molecular weight is 200 g/mol. The van der Waals surface area contributed by atoms with Crippen molar-refractivity contribution < 1.29 is 0 Å². The molecule has 2 nitrogen and oxygen atoms in total. The summed E-state index contributed by atoms with van der Waals surface area (Å²) in [4.78, 5) is 3.05. The van der Waals surface area contributed by atoms with Crippen LogP contribution in [0.5, 0.6) is 0 Å². The van der Waals surface area contributed by atoms with Crippen LogP contribution >= 0.6 is 0 Å². The summed E-state index contributed by atoms with van der Waals surface area (Å²) in [6.07, 6.45) is 3.95. The van der Waals surface area contributed by atoms with Gasteiger partial charge in [0.25, 0.3) is 0 Å². The first-order valence-electron chi connectivity index (χ1n) is 5.18. The van der Waals surface area contributed by atoms with Gasteiger partial charge >= 0.3 is 0 Å². The molecule has 0 bridgehead atoms. The molecule has 1 aromatic heterocycles. The zero-order valence-corrected chi connectivity index (χ0v) is 9.17. The van der Waals surface area contributed by atoms with Crippen molar-refractivity contribution >= 4 is 5.69 Å². The maximum absolute atomic E-state index is 3.41. The lowest BCUT2D eigenvalue weighted by molar-refractivity contribution is 1.15. The normalized spacial score (nSPS) is 10.3. The van der Waals surface area contributed by atoms with E-state index in [0.717, 1.165) is 6.54 Å². The Morgan fingerprint density at radius 1 is 1.13 bits per heavy atom. The molecule has 0 atom stereocenters. The molecular weight excluding hydrogens is 184 g/mol. The lowest BCUT2D eigenvalue weighted by Gasteiger charge is -2.07. The fourth-order valence-electron chi connectivity index (χ4n) is 1.75. The van der Waals surface area contributed by atoms with Crippen molar-refractivity contribution in [1.82, 2.24) is 4.98 Å². The first kappa shape index (κ1) is 9.84. The van der Waals surface area contributed by atoms with Crippen molar-refractivity contribution in [3.05, 3.63) is 53.3 Å². The van der Waals surface area contributed by atoms with E-state index in [-0.39, 0.29) is 0 Å². The predicted octanol–water partition coefficient (Wildman–Crippen LogP) is 3.24. The van der Waals surface area contributed by atoms with Gasteiger partial charge in [-0.1, -0.05) is 6.07 Å². The maximum Gasteiger partial charge on any atom is 0.0415 e. The highest BCUT2D eigenvalue weighted by Crippen LogP contribution is 2.14. The minimum Gasteiger partial charge on any atom is -0.381 e. The molecule has 0 aliphatic rings. The Kier molecular flexibility index (Phi) is 2.77. The van der Waals surface area contributed by atoms with Crippen molar-refractivity contribution in [2.75, 3.05) is 5.32 Å². The maximum atomic E-state index is 3.41. The van der Waals surface area contributed by atoms with E-state index >= 15 is 0 Å². The quantitative estimate of drug-likeness (QED) is 0.782. The molecule has 2 rings (SSSR count). The van der Waals surface area contributed by atoms with Gasteiger partial charge in [0.2, 0.25) is 0 Å². The van der Waals surface area contributed by atoms with E-state index in [9.17, 15) is 0 Å². The molecule has 15 heavy (non-hydrogen) atoms. The summed E-state index contributed by atoms with van der Waals surface area (Å²) >= 11 is 0. The van der Waals surface area contributed by atoms with Crippen molar-refractivity contribution in [2.24, 2.45) is 0 Å². The number of hydrogen-bond donors (Lipinski definition) is 2. The standard InChI is InChI=1S/C13H16N2/c1-10-5-11(2)7-13(6-10)15-9-12-3-4-14-8-12/h3-8,14-15H,9H2,1-2H3. The zero-order valence-electron chi connectivity index (χ0n) is 9.17. The summed E-state index contributed by atoms with van der Waals surface area (Å²) in [6, 6.07) is 8.59. The SMILES string of the molecule is Cc1cc(C)cc(NCc2cc[nH]c2)c1. The van der Waals surface area contributed by atoms with Gasteiger partial charge in [-0.15, -0.1) is 0 Å². The zero-order chi connectivity index (χ0) is 10.7. The van der Waals surface area contributed by atoms with Crippen LogP contribution in [0.4, 0.5) is 5.69 Å². The van der Waals surface area contributed by atoms with Crippen molar-refractivity contribution in [3.63, 3.8) is 0 Å². The first-order valence-corrected chi connectivity index (χ1v) is 5.18. The Balaban J connectivity index is 2.05. The van der Waals surface area contributed by atoms with Crippen LogP contribution in [0.25, 0.3) is 0 Å². The summed E-state index contributed by atoms with van der Waals surface area (Å²) in [5.74, 6) is 0. The number of aromatic nitrogens is 1. The molecule has 0 amide bonds. The molecule has 78 valence electrons. The summed E-state index contributed by atoms with van der Waals surface area (Å²) in [5.41, 5.74) is 5.06. The second-order valence-electron chi connectivity index (χ2n) is 3.95. The molecule has 0 saturated carbocycles. The van der Waals surface area contributed by atoms with Gasteiger partial charge in [-0.2, -0.15) is 0 Å². The lowest BCUT2D eigenvalue weighted by Crippen LogP contribution is -1.98. The molecule has 2 N–H and O–H groups in total. The van der Waals surface area contributed by atoms with Crippen molar-refractivity contribution in [2.45, 2.75) is 20.4 Å². The Labute approximate surface area is 90.3 Å². The molecule has 0 spiro atoms. The number of H-pyrrole nitrogens is 1. The molecule has 2 heteroatoms. The van der Waals surface area contributed by atoms with Crippen LogP contribution in [0.15, 0.2) is 36.7 Å². The lowest BCUT2D eigenvalue weighted by atomic mass is 10.1. The third kappa shape index (κ3) is 2.62. The summed E-state index contributed by atoms with van der Waals surface area (Å²) < 4.78 is 0. The molecule has 0 unspecified atom stereocenters. The number of rotatable bonds is 3. The predicted molar refractivity (Wildman–Crippen MR) is 64.0 cm³/mol. The highest BCUT2D eigenvalue weighted by atomic mass is 14.9. The molecule has 0 aliphatic carbocycles. The fourth-order valence-corrected chi connectivity index (χ4v) is 1.75. The van der Waals surface area contributed by atoms with E-state index in [1.54, 1.807) is 0 Å². The van der Waals surface area contributed by atoms with Gasteiger partial charge in [0.15, 0.2) is 0 Å².